The quantitative estimate of drug-likeness (QED) is 0.716. The number of H-pyrrole nitrogens is 1. The summed E-state index contributed by atoms with van der Waals surface area (Å²) in [5.74, 6) is 1.14. The highest BCUT2D eigenvalue weighted by Crippen LogP contribution is 2.22. The van der Waals surface area contributed by atoms with E-state index in [2.05, 4.69) is 30.6 Å². The molecule has 0 aliphatic heterocycles. The Hall–Kier alpha value is -2.38. The van der Waals surface area contributed by atoms with E-state index in [0.29, 0.717) is 23.5 Å². The number of hydrogen-bond donors (Lipinski definition) is 3. The van der Waals surface area contributed by atoms with E-state index in [4.69, 9.17) is 0 Å². The molecule has 1 aliphatic rings. The van der Waals surface area contributed by atoms with Crippen LogP contribution in [0.3, 0.4) is 0 Å². The van der Waals surface area contributed by atoms with E-state index in [1.54, 1.807) is 18.3 Å². The second kappa shape index (κ2) is 4.95. The Morgan fingerprint density at radius 2 is 2.30 bits per heavy atom. The number of rotatable bonds is 5. The molecule has 106 valence electrons. The van der Waals surface area contributed by atoms with Crippen LogP contribution in [0.15, 0.2) is 6.33 Å². The number of hydrogen-bond acceptors (Lipinski definition) is 6. The fourth-order valence-corrected chi connectivity index (χ4v) is 2.00. The van der Waals surface area contributed by atoms with E-state index in [1.807, 2.05) is 7.05 Å². The first kappa shape index (κ1) is 12.6. The van der Waals surface area contributed by atoms with Gasteiger partial charge in [0.1, 0.15) is 5.52 Å². The zero-order valence-corrected chi connectivity index (χ0v) is 11.5. The van der Waals surface area contributed by atoms with Gasteiger partial charge in [0, 0.05) is 20.1 Å². The molecule has 0 spiro atoms. The molecule has 0 radical (unpaired) electrons. The van der Waals surface area contributed by atoms with Gasteiger partial charge in [-0.25, -0.2) is 4.98 Å². The molecule has 2 aromatic rings. The van der Waals surface area contributed by atoms with Crippen molar-refractivity contribution in [3.8, 4) is 0 Å². The number of nitrogens with zero attached hydrogens (tertiary/aromatic N) is 4. The summed E-state index contributed by atoms with van der Waals surface area (Å²) >= 11 is 0. The molecule has 20 heavy (non-hydrogen) atoms. The van der Waals surface area contributed by atoms with Crippen LogP contribution >= 0.6 is 0 Å². The number of carbonyl (C=O) groups is 1. The van der Waals surface area contributed by atoms with Crippen LogP contribution in [0.4, 0.5) is 11.8 Å². The van der Waals surface area contributed by atoms with Crippen molar-refractivity contribution in [2.75, 3.05) is 30.9 Å². The number of fused-ring (bicyclic) bond motifs is 1. The summed E-state index contributed by atoms with van der Waals surface area (Å²) in [6.45, 7) is 0.255. The lowest BCUT2D eigenvalue weighted by Gasteiger charge is -2.18. The zero-order valence-electron chi connectivity index (χ0n) is 11.5. The van der Waals surface area contributed by atoms with Crippen molar-refractivity contribution in [1.29, 1.82) is 0 Å². The number of aromatic nitrogens is 4. The Balaban J connectivity index is 1.83. The lowest BCUT2D eigenvalue weighted by Crippen LogP contribution is -2.36. The van der Waals surface area contributed by atoms with Crippen molar-refractivity contribution in [3.63, 3.8) is 0 Å². The van der Waals surface area contributed by atoms with Crippen molar-refractivity contribution >= 4 is 28.8 Å². The number of anilines is 2. The lowest BCUT2D eigenvalue weighted by atomic mass is 10.4. The predicted octanol–water partition coefficient (Wildman–Crippen LogP) is 0.109. The number of amides is 1. The molecule has 1 fully saturated rings. The van der Waals surface area contributed by atoms with Crippen LogP contribution in [0.5, 0.6) is 0 Å². The maximum atomic E-state index is 11.9. The SMILES string of the molecule is CNc1nc(N(C)CC(=O)NC2CC2)c2[nH]cnc2n1. The molecule has 2 heterocycles. The first-order valence-corrected chi connectivity index (χ1v) is 6.56. The van der Waals surface area contributed by atoms with Gasteiger partial charge in [0.25, 0.3) is 0 Å². The van der Waals surface area contributed by atoms with E-state index in [-0.39, 0.29) is 12.5 Å². The summed E-state index contributed by atoms with van der Waals surface area (Å²) in [4.78, 5) is 29.4. The molecule has 0 bridgehead atoms. The smallest absolute Gasteiger partial charge is 0.239 e. The second-order valence-electron chi connectivity index (χ2n) is 4.92. The highest BCUT2D eigenvalue weighted by atomic mass is 16.2. The highest BCUT2D eigenvalue weighted by Gasteiger charge is 2.24. The fourth-order valence-electron chi connectivity index (χ4n) is 2.00. The minimum atomic E-state index is 0.00675. The average Bonchev–Trinajstić information content (AvgIpc) is 3.11. The van der Waals surface area contributed by atoms with E-state index >= 15 is 0 Å². The normalized spacial score (nSPS) is 14.3. The van der Waals surface area contributed by atoms with E-state index < -0.39 is 0 Å². The van der Waals surface area contributed by atoms with Gasteiger partial charge < -0.3 is 20.5 Å². The molecular formula is C12H17N7O. The van der Waals surface area contributed by atoms with Crippen LogP contribution in [0, 0.1) is 0 Å². The molecular weight excluding hydrogens is 258 g/mol. The molecule has 1 amide bonds. The standard InChI is InChI=1S/C12H17N7O/c1-13-12-17-10-9(14-6-15-10)11(18-12)19(2)5-8(20)16-7-3-4-7/h6-7H,3-5H2,1-2H3,(H,16,20)(H2,13,14,15,17,18). The van der Waals surface area contributed by atoms with E-state index in [0.717, 1.165) is 18.4 Å². The van der Waals surface area contributed by atoms with Gasteiger partial charge in [0.15, 0.2) is 11.5 Å². The Labute approximate surface area is 116 Å². The van der Waals surface area contributed by atoms with Gasteiger partial charge in [0.05, 0.1) is 12.9 Å². The summed E-state index contributed by atoms with van der Waals surface area (Å²) in [7, 11) is 3.58. The third-order valence-electron chi connectivity index (χ3n) is 3.17. The molecule has 0 atom stereocenters. The maximum Gasteiger partial charge on any atom is 0.239 e. The summed E-state index contributed by atoms with van der Waals surface area (Å²) in [6.07, 6.45) is 3.73. The maximum absolute atomic E-state index is 11.9. The van der Waals surface area contributed by atoms with Crippen LogP contribution in [-0.4, -0.2) is 52.5 Å². The minimum Gasteiger partial charge on any atom is -0.357 e. The van der Waals surface area contributed by atoms with E-state index in [9.17, 15) is 4.79 Å². The van der Waals surface area contributed by atoms with Gasteiger partial charge in [-0.3, -0.25) is 4.79 Å². The van der Waals surface area contributed by atoms with Crippen molar-refractivity contribution < 1.29 is 4.79 Å². The molecule has 2 aromatic heterocycles. The second-order valence-corrected chi connectivity index (χ2v) is 4.92. The Morgan fingerprint density at radius 3 is 3.00 bits per heavy atom. The van der Waals surface area contributed by atoms with E-state index in [1.165, 1.54) is 0 Å². The number of imidazole rings is 1. The minimum absolute atomic E-state index is 0.00675. The van der Waals surface area contributed by atoms with Crippen molar-refractivity contribution in [3.05, 3.63) is 6.33 Å². The number of aromatic amines is 1. The topological polar surface area (TPSA) is 98.8 Å². The third-order valence-corrected chi connectivity index (χ3v) is 3.17. The van der Waals surface area contributed by atoms with Gasteiger partial charge in [-0.15, -0.1) is 0 Å². The summed E-state index contributed by atoms with van der Waals surface area (Å²) < 4.78 is 0. The summed E-state index contributed by atoms with van der Waals surface area (Å²) in [5.41, 5.74) is 1.31. The molecule has 1 aliphatic carbocycles. The Bertz CT molecular complexity index is 634. The monoisotopic (exact) mass is 275 g/mol. The van der Waals surface area contributed by atoms with Crippen LogP contribution in [0.2, 0.25) is 0 Å². The first-order valence-electron chi connectivity index (χ1n) is 6.56. The van der Waals surface area contributed by atoms with Gasteiger partial charge in [-0.2, -0.15) is 9.97 Å². The van der Waals surface area contributed by atoms with Crippen molar-refractivity contribution in [2.45, 2.75) is 18.9 Å². The van der Waals surface area contributed by atoms with Crippen LogP contribution in [0.1, 0.15) is 12.8 Å². The first-order chi connectivity index (χ1) is 9.67. The fraction of sp³-hybridized carbons (Fsp3) is 0.500. The number of likely N-dealkylation sites (N-methyl/N-ethyl adjacent to an activating group) is 1. The third kappa shape index (κ3) is 2.49. The van der Waals surface area contributed by atoms with Crippen LogP contribution in [0.25, 0.3) is 11.2 Å². The molecule has 1 saturated carbocycles. The van der Waals surface area contributed by atoms with Gasteiger partial charge in [-0.05, 0) is 12.8 Å². The number of carbonyl (C=O) groups excluding carboxylic acids is 1. The highest BCUT2D eigenvalue weighted by molar-refractivity contribution is 5.88. The predicted molar refractivity (Wildman–Crippen MR) is 75.7 cm³/mol. The molecule has 0 aromatic carbocycles. The Kier molecular flexibility index (Phi) is 3.13. The summed E-state index contributed by atoms with van der Waals surface area (Å²) in [5, 5.41) is 5.86. The summed E-state index contributed by atoms with van der Waals surface area (Å²) in [6, 6.07) is 0.362. The lowest BCUT2D eigenvalue weighted by molar-refractivity contribution is -0.119. The van der Waals surface area contributed by atoms with Crippen LogP contribution in [-0.2, 0) is 4.79 Å². The van der Waals surface area contributed by atoms with Crippen molar-refractivity contribution in [2.24, 2.45) is 0 Å². The molecule has 3 rings (SSSR count). The van der Waals surface area contributed by atoms with Gasteiger partial charge in [-0.1, -0.05) is 0 Å². The molecule has 0 saturated heterocycles. The Morgan fingerprint density at radius 1 is 1.50 bits per heavy atom. The molecule has 3 N–H and O–H groups in total. The number of nitrogens with one attached hydrogen (secondary N) is 3. The molecule has 0 unspecified atom stereocenters. The van der Waals surface area contributed by atoms with Gasteiger partial charge in [0.2, 0.25) is 11.9 Å². The average molecular weight is 275 g/mol. The largest absolute Gasteiger partial charge is 0.357 e. The molecule has 8 heteroatoms. The zero-order chi connectivity index (χ0) is 14.1. The van der Waals surface area contributed by atoms with Gasteiger partial charge >= 0.3 is 0 Å². The van der Waals surface area contributed by atoms with Crippen LogP contribution < -0.4 is 15.5 Å². The molecule has 8 nitrogen and oxygen atoms in total. The van der Waals surface area contributed by atoms with Crippen molar-refractivity contribution in [1.82, 2.24) is 25.3 Å².